The molecule has 0 fully saturated rings. The van der Waals surface area contributed by atoms with Crippen LogP contribution in [0, 0.1) is 0 Å². The number of alkyl halides is 3. The molecule has 1 aromatic heterocycles. The first-order valence-electron chi connectivity index (χ1n) is 8.80. The molecule has 3 rings (SSSR count). The van der Waals surface area contributed by atoms with Crippen LogP contribution in [0.3, 0.4) is 0 Å². The van der Waals surface area contributed by atoms with Crippen molar-refractivity contribution in [3.05, 3.63) is 76.9 Å². The molecular weight excluding hydrogens is 421 g/mol. The molecule has 3 aromatic rings. The number of carbonyl (C=O) groups is 1. The lowest BCUT2D eigenvalue weighted by atomic mass is 10.1. The number of aromatic nitrogens is 2. The van der Waals surface area contributed by atoms with E-state index < -0.39 is 17.6 Å². The first-order valence-corrected chi connectivity index (χ1v) is 9.18. The highest BCUT2D eigenvalue weighted by Crippen LogP contribution is 2.28. The lowest BCUT2D eigenvalue weighted by molar-refractivity contribution is -0.157. The molecule has 0 saturated carbocycles. The van der Waals surface area contributed by atoms with Crippen LogP contribution in [0.1, 0.15) is 24.5 Å². The van der Waals surface area contributed by atoms with Crippen LogP contribution in [-0.2, 0) is 11.0 Å². The summed E-state index contributed by atoms with van der Waals surface area (Å²) < 4.78 is 39.5. The minimum Gasteiger partial charge on any atom is -0.333 e. The third kappa shape index (κ3) is 5.38. The van der Waals surface area contributed by atoms with Crippen molar-refractivity contribution in [2.24, 2.45) is 5.10 Å². The van der Waals surface area contributed by atoms with Crippen molar-refractivity contribution in [1.29, 1.82) is 0 Å². The smallest absolute Gasteiger partial charge is 0.333 e. The quantitative estimate of drug-likeness (QED) is 0.398. The number of rotatable bonds is 6. The van der Waals surface area contributed by atoms with Crippen molar-refractivity contribution < 1.29 is 22.8 Å². The Morgan fingerprint density at radius 2 is 1.83 bits per heavy atom. The van der Waals surface area contributed by atoms with Crippen LogP contribution in [-0.4, -0.2) is 27.1 Å². The molecule has 0 aliphatic heterocycles. The lowest BCUT2D eigenvalue weighted by Crippen LogP contribution is -2.29. The Balaban J connectivity index is 1.74. The lowest BCUT2D eigenvalue weighted by Gasteiger charge is -2.14. The average Bonchev–Trinajstić information content (AvgIpc) is 3.19. The van der Waals surface area contributed by atoms with Crippen molar-refractivity contribution in [2.75, 3.05) is 0 Å². The number of carbonyl (C=O) groups excluding carboxylic acids is 1. The van der Waals surface area contributed by atoms with Crippen LogP contribution < -0.4 is 4.84 Å². The van der Waals surface area contributed by atoms with Gasteiger partial charge in [-0.15, -0.1) is 10.2 Å². The van der Waals surface area contributed by atoms with Gasteiger partial charge in [-0.05, 0) is 42.0 Å². The largest absolute Gasteiger partial charge is 0.416 e. The molecule has 156 valence electrons. The zero-order chi connectivity index (χ0) is 21.7. The first-order chi connectivity index (χ1) is 14.3. The molecule has 0 unspecified atom stereocenters. The van der Waals surface area contributed by atoms with E-state index in [9.17, 15) is 18.0 Å². The molecule has 10 heteroatoms. The Morgan fingerprint density at radius 1 is 1.17 bits per heavy atom. The van der Waals surface area contributed by atoms with E-state index in [-0.39, 0.29) is 12.3 Å². The van der Waals surface area contributed by atoms with Gasteiger partial charge in [0.2, 0.25) is 0 Å². The summed E-state index contributed by atoms with van der Waals surface area (Å²) in [6.45, 7) is 1.62. The Labute approximate surface area is 175 Å². The summed E-state index contributed by atoms with van der Waals surface area (Å²) in [4.78, 5) is 17.6. The van der Waals surface area contributed by atoms with Gasteiger partial charge in [0.25, 0.3) is 11.8 Å². The van der Waals surface area contributed by atoms with Crippen LogP contribution in [0.4, 0.5) is 13.2 Å². The summed E-state index contributed by atoms with van der Waals surface area (Å²) in [5, 5.41) is 9.48. The topological polar surface area (TPSA) is 59.7 Å². The van der Waals surface area contributed by atoms with Crippen LogP contribution in [0.25, 0.3) is 5.69 Å². The second-order valence-electron chi connectivity index (χ2n) is 6.05. The van der Waals surface area contributed by atoms with E-state index in [1.54, 1.807) is 37.4 Å². The molecule has 0 spiro atoms. The number of nitrogens with zero attached hydrogens (tertiary/aromatic N) is 4. The van der Waals surface area contributed by atoms with Crippen molar-refractivity contribution in [2.45, 2.75) is 19.5 Å². The van der Waals surface area contributed by atoms with E-state index in [1.165, 1.54) is 29.1 Å². The van der Waals surface area contributed by atoms with Crippen LogP contribution in [0.5, 0.6) is 5.88 Å². The first kappa shape index (κ1) is 21.4. The van der Waals surface area contributed by atoms with Gasteiger partial charge in [-0.2, -0.15) is 13.2 Å². The Morgan fingerprint density at radius 3 is 2.43 bits per heavy atom. The number of amides is 1. The fourth-order valence-corrected chi connectivity index (χ4v) is 2.46. The number of halogens is 4. The fraction of sp³-hybridized carbons (Fsp3) is 0.150. The Hall–Kier alpha value is -3.33. The molecule has 0 saturated heterocycles. The highest BCUT2D eigenvalue weighted by Gasteiger charge is 2.29. The van der Waals surface area contributed by atoms with Gasteiger partial charge in [0.1, 0.15) is 0 Å². The average molecular weight is 437 g/mol. The standard InChI is InChI=1S/C20H16ClF3N4O2/c1-2-19(29)28(25-13-14-3-5-15(6-4-14)20(22,23)24)30-18-11-12-27(26-18)17-9-7-16(21)8-10-17/h3-13H,2H2,1H3/b25-13+. The molecule has 2 aromatic carbocycles. The Kier molecular flexibility index (Phi) is 6.41. The summed E-state index contributed by atoms with van der Waals surface area (Å²) in [7, 11) is 0. The number of hydrogen-bond acceptors (Lipinski definition) is 4. The van der Waals surface area contributed by atoms with E-state index in [1.807, 2.05) is 0 Å². The van der Waals surface area contributed by atoms with Gasteiger partial charge in [0.15, 0.2) is 0 Å². The summed E-state index contributed by atoms with van der Waals surface area (Å²) in [6, 6.07) is 12.8. The highest BCUT2D eigenvalue weighted by molar-refractivity contribution is 6.30. The van der Waals surface area contributed by atoms with E-state index in [0.717, 1.165) is 23.0 Å². The maximum Gasteiger partial charge on any atom is 0.416 e. The molecule has 0 atom stereocenters. The van der Waals surface area contributed by atoms with Gasteiger partial charge in [0, 0.05) is 23.7 Å². The van der Waals surface area contributed by atoms with Gasteiger partial charge in [-0.3, -0.25) is 4.79 Å². The molecule has 1 heterocycles. The summed E-state index contributed by atoms with van der Waals surface area (Å²) in [5.74, 6) is -0.351. The van der Waals surface area contributed by atoms with E-state index in [0.29, 0.717) is 10.6 Å². The van der Waals surface area contributed by atoms with Gasteiger partial charge >= 0.3 is 6.18 Å². The van der Waals surface area contributed by atoms with E-state index in [4.69, 9.17) is 16.4 Å². The van der Waals surface area contributed by atoms with Gasteiger partial charge in [-0.1, -0.05) is 35.8 Å². The SMILES string of the molecule is CCC(=O)N(/N=C/c1ccc(C(F)(F)F)cc1)Oc1ccn(-c2ccc(Cl)cc2)n1. The third-order valence-electron chi connectivity index (χ3n) is 3.90. The Bertz CT molecular complexity index is 1030. The number of hydroxylamine groups is 1. The van der Waals surface area contributed by atoms with Crippen molar-refractivity contribution >= 4 is 23.7 Å². The minimum atomic E-state index is -4.42. The molecule has 0 N–H and O–H groups in total. The number of benzene rings is 2. The molecule has 0 aliphatic carbocycles. The molecule has 0 bridgehead atoms. The second kappa shape index (κ2) is 9.00. The van der Waals surface area contributed by atoms with E-state index >= 15 is 0 Å². The number of hydrazone groups is 1. The summed E-state index contributed by atoms with van der Waals surface area (Å²) >= 11 is 5.87. The maximum absolute atomic E-state index is 12.6. The van der Waals surface area contributed by atoms with Gasteiger partial charge < -0.3 is 4.84 Å². The van der Waals surface area contributed by atoms with Crippen LogP contribution in [0.2, 0.25) is 5.02 Å². The minimum absolute atomic E-state index is 0.0994. The monoisotopic (exact) mass is 436 g/mol. The van der Waals surface area contributed by atoms with Crippen molar-refractivity contribution in [3.63, 3.8) is 0 Å². The van der Waals surface area contributed by atoms with Crippen molar-refractivity contribution in [3.8, 4) is 11.6 Å². The molecule has 1 amide bonds. The summed E-state index contributed by atoms with van der Waals surface area (Å²) in [6.07, 6.45) is -1.47. The molecule has 0 radical (unpaired) electrons. The second-order valence-corrected chi connectivity index (χ2v) is 6.49. The van der Waals surface area contributed by atoms with E-state index in [2.05, 4.69) is 10.2 Å². The third-order valence-corrected chi connectivity index (χ3v) is 4.15. The molecule has 0 aliphatic rings. The van der Waals surface area contributed by atoms with Gasteiger partial charge in [0.05, 0.1) is 17.5 Å². The molecule has 6 nitrogen and oxygen atoms in total. The zero-order valence-corrected chi connectivity index (χ0v) is 16.4. The summed E-state index contributed by atoms with van der Waals surface area (Å²) in [5.41, 5.74) is 0.327. The predicted octanol–water partition coefficient (Wildman–Crippen LogP) is 5.11. The molecule has 30 heavy (non-hydrogen) atoms. The number of hydrogen-bond donors (Lipinski definition) is 0. The zero-order valence-electron chi connectivity index (χ0n) is 15.7. The fourth-order valence-electron chi connectivity index (χ4n) is 2.33. The maximum atomic E-state index is 12.6. The molecular formula is C20H16ClF3N4O2. The van der Waals surface area contributed by atoms with Crippen LogP contribution in [0.15, 0.2) is 65.9 Å². The normalized spacial score (nSPS) is 11.6. The van der Waals surface area contributed by atoms with Gasteiger partial charge in [-0.25, -0.2) is 4.68 Å². The predicted molar refractivity (Wildman–Crippen MR) is 105 cm³/mol. The van der Waals surface area contributed by atoms with Crippen molar-refractivity contribution in [1.82, 2.24) is 15.0 Å². The van der Waals surface area contributed by atoms with Crippen LogP contribution >= 0.6 is 11.6 Å². The highest BCUT2D eigenvalue weighted by atomic mass is 35.5.